The zero-order valence-corrected chi connectivity index (χ0v) is 15.2. The van der Waals surface area contributed by atoms with Crippen LogP contribution in [-0.2, 0) is 14.3 Å². The van der Waals surface area contributed by atoms with E-state index in [0.717, 1.165) is 17.0 Å². The number of pyridine rings is 1. The average Bonchev–Trinajstić information content (AvgIpc) is 2.68. The van der Waals surface area contributed by atoms with Crippen molar-refractivity contribution in [3.05, 3.63) is 36.3 Å². The summed E-state index contributed by atoms with van der Waals surface area (Å²) in [5.74, 6) is 0.159. The number of ether oxygens (including phenoxy) is 2. The standard InChI is InChI=1S/C18H23N5O3/c1-18(2,25-3)16(24)23-7-8-26-15(11-23)14-6-4-5-13(22-14)12-9-20-17(19)21-10-12/h4-6,9-10,15H,7-8,11H2,1-3H3,(H2,19,20,21)/t15-/m0/s1. The van der Waals surface area contributed by atoms with Gasteiger partial charge in [0.05, 0.1) is 24.5 Å². The maximum absolute atomic E-state index is 12.6. The fraction of sp³-hybridized carbons (Fsp3) is 0.444. The van der Waals surface area contributed by atoms with Crippen LogP contribution < -0.4 is 5.73 Å². The second-order valence-electron chi connectivity index (χ2n) is 6.60. The lowest BCUT2D eigenvalue weighted by atomic mass is 10.1. The minimum atomic E-state index is -0.863. The number of carbonyl (C=O) groups is 1. The molecule has 0 aliphatic carbocycles. The zero-order valence-electron chi connectivity index (χ0n) is 15.2. The summed E-state index contributed by atoms with van der Waals surface area (Å²) in [5.41, 5.74) is 6.92. The molecule has 1 aliphatic rings. The van der Waals surface area contributed by atoms with Crippen LogP contribution in [0.5, 0.6) is 0 Å². The van der Waals surface area contributed by atoms with E-state index in [1.807, 2.05) is 18.2 Å². The van der Waals surface area contributed by atoms with E-state index in [4.69, 9.17) is 15.2 Å². The summed E-state index contributed by atoms with van der Waals surface area (Å²) >= 11 is 0. The maximum atomic E-state index is 12.6. The SMILES string of the molecule is COC(C)(C)C(=O)N1CCO[C@H](c2cccc(-c3cnc(N)nc3)n2)C1. The van der Waals surface area contributed by atoms with Crippen LogP contribution in [-0.4, -0.2) is 58.2 Å². The van der Waals surface area contributed by atoms with Gasteiger partial charge in [0.15, 0.2) is 0 Å². The highest BCUT2D eigenvalue weighted by Gasteiger charge is 2.35. The van der Waals surface area contributed by atoms with Crippen LogP contribution in [0.3, 0.4) is 0 Å². The van der Waals surface area contributed by atoms with Crippen molar-refractivity contribution in [3.63, 3.8) is 0 Å². The molecule has 1 aliphatic heterocycles. The van der Waals surface area contributed by atoms with E-state index in [-0.39, 0.29) is 18.0 Å². The van der Waals surface area contributed by atoms with Gasteiger partial charge in [-0.2, -0.15) is 0 Å². The molecule has 0 saturated carbocycles. The molecule has 3 rings (SSSR count). The van der Waals surface area contributed by atoms with Crippen LogP contribution in [0.2, 0.25) is 0 Å². The summed E-state index contributed by atoms with van der Waals surface area (Å²) in [5, 5.41) is 0. The first kappa shape index (κ1) is 18.2. The Labute approximate surface area is 152 Å². The predicted octanol–water partition coefficient (Wildman–Crippen LogP) is 1.45. The fourth-order valence-corrected chi connectivity index (χ4v) is 2.74. The van der Waals surface area contributed by atoms with Crippen molar-refractivity contribution in [3.8, 4) is 11.3 Å². The number of rotatable bonds is 4. The molecule has 26 heavy (non-hydrogen) atoms. The van der Waals surface area contributed by atoms with Gasteiger partial charge in [-0.1, -0.05) is 6.07 Å². The monoisotopic (exact) mass is 357 g/mol. The number of carbonyl (C=O) groups excluding carboxylic acids is 1. The van der Waals surface area contributed by atoms with Crippen molar-refractivity contribution in [1.29, 1.82) is 0 Å². The number of nitrogen functional groups attached to an aromatic ring is 1. The predicted molar refractivity (Wildman–Crippen MR) is 96.0 cm³/mol. The van der Waals surface area contributed by atoms with Crippen molar-refractivity contribution in [2.24, 2.45) is 0 Å². The Hall–Kier alpha value is -2.58. The fourth-order valence-electron chi connectivity index (χ4n) is 2.74. The maximum Gasteiger partial charge on any atom is 0.254 e. The molecule has 0 spiro atoms. The van der Waals surface area contributed by atoms with E-state index in [0.29, 0.717) is 19.7 Å². The Morgan fingerprint density at radius 3 is 2.77 bits per heavy atom. The lowest BCUT2D eigenvalue weighted by Crippen LogP contribution is -2.51. The molecule has 138 valence electrons. The minimum Gasteiger partial charge on any atom is -0.369 e. The van der Waals surface area contributed by atoms with E-state index in [9.17, 15) is 4.79 Å². The molecule has 1 amide bonds. The first-order valence-electron chi connectivity index (χ1n) is 8.41. The van der Waals surface area contributed by atoms with Gasteiger partial charge in [0.2, 0.25) is 5.95 Å². The highest BCUT2D eigenvalue weighted by atomic mass is 16.5. The molecule has 1 fully saturated rings. The summed E-state index contributed by atoms with van der Waals surface area (Å²) in [4.78, 5) is 27.1. The van der Waals surface area contributed by atoms with Gasteiger partial charge in [0, 0.05) is 31.6 Å². The van der Waals surface area contributed by atoms with E-state index in [1.165, 1.54) is 7.11 Å². The van der Waals surface area contributed by atoms with Gasteiger partial charge in [-0.25, -0.2) is 15.0 Å². The number of hydrogen-bond donors (Lipinski definition) is 1. The van der Waals surface area contributed by atoms with Gasteiger partial charge >= 0.3 is 0 Å². The quantitative estimate of drug-likeness (QED) is 0.883. The third-order valence-corrected chi connectivity index (χ3v) is 4.45. The molecule has 8 nitrogen and oxygen atoms in total. The molecular formula is C18H23N5O3. The molecule has 0 radical (unpaired) electrons. The van der Waals surface area contributed by atoms with Gasteiger partial charge in [-0.3, -0.25) is 4.79 Å². The number of aromatic nitrogens is 3. The van der Waals surface area contributed by atoms with Crippen molar-refractivity contribution in [2.75, 3.05) is 32.5 Å². The summed E-state index contributed by atoms with van der Waals surface area (Å²) < 4.78 is 11.2. The zero-order chi connectivity index (χ0) is 18.7. The molecule has 0 aromatic carbocycles. The summed E-state index contributed by atoms with van der Waals surface area (Å²) in [7, 11) is 1.54. The molecule has 2 N–H and O–H groups in total. The van der Waals surface area contributed by atoms with Crippen molar-refractivity contribution < 1.29 is 14.3 Å². The second-order valence-corrected chi connectivity index (χ2v) is 6.60. The van der Waals surface area contributed by atoms with Gasteiger partial charge in [-0.05, 0) is 26.0 Å². The Bertz CT molecular complexity index is 779. The molecule has 1 atom stereocenters. The number of morpholine rings is 1. The van der Waals surface area contributed by atoms with E-state index < -0.39 is 5.60 Å². The first-order chi connectivity index (χ1) is 12.4. The number of nitrogens with two attached hydrogens (primary N) is 1. The van der Waals surface area contributed by atoms with Gasteiger partial charge in [0.25, 0.3) is 5.91 Å². The normalized spacial score (nSPS) is 18.0. The number of nitrogens with zero attached hydrogens (tertiary/aromatic N) is 4. The molecule has 0 unspecified atom stereocenters. The van der Waals surface area contributed by atoms with Crippen LogP contribution in [0.25, 0.3) is 11.3 Å². The largest absolute Gasteiger partial charge is 0.369 e. The van der Waals surface area contributed by atoms with Crippen LogP contribution in [0, 0.1) is 0 Å². The highest BCUT2D eigenvalue weighted by Crippen LogP contribution is 2.25. The highest BCUT2D eigenvalue weighted by molar-refractivity contribution is 5.84. The van der Waals surface area contributed by atoms with Gasteiger partial charge < -0.3 is 20.1 Å². The van der Waals surface area contributed by atoms with Crippen LogP contribution in [0.15, 0.2) is 30.6 Å². The molecule has 8 heteroatoms. The number of methoxy groups -OCH3 is 1. The second kappa shape index (κ2) is 7.35. The molecule has 2 aromatic heterocycles. The average molecular weight is 357 g/mol. The summed E-state index contributed by atoms with van der Waals surface area (Å²) in [6.45, 7) is 4.95. The molecule has 3 heterocycles. The van der Waals surface area contributed by atoms with Gasteiger partial charge in [0.1, 0.15) is 11.7 Å². The third-order valence-electron chi connectivity index (χ3n) is 4.45. The van der Waals surface area contributed by atoms with Crippen LogP contribution >= 0.6 is 0 Å². The number of hydrogen-bond acceptors (Lipinski definition) is 7. The lowest BCUT2D eigenvalue weighted by molar-refractivity contribution is -0.158. The summed E-state index contributed by atoms with van der Waals surface area (Å²) in [6.07, 6.45) is 2.97. The van der Waals surface area contributed by atoms with E-state index >= 15 is 0 Å². The van der Waals surface area contributed by atoms with Crippen molar-refractivity contribution in [1.82, 2.24) is 19.9 Å². The topological polar surface area (TPSA) is 103 Å². The van der Waals surface area contributed by atoms with Crippen LogP contribution in [0.1, 0.15) is 25.6 Å². The van der Waals surface area contributed by atoms with Crippen molar-refractivity contribution in [2.45, 2.75) is 25.6 Å². The lowest BCUT2D eigenvalue weighted by Gasteiger charge is -2.36. The number of amides is 1. The van der Waals surface area contributed by atoms with Crippen LogP contribution in [0.4, 0.5) is 5.95 Å². The smallest absolute Gasteiger partial charge is 0.254 e. The Kier molecular flexibility index (Phi) is 5.15. The van der Waals surface area contributed by atoms with Crippen molar-refractivity contribution >= 4 is 11.9 Å². The Morgan fingerprint density at radius 1 is 1.35 bits per heavy atom. The molecule has 1 saturated heterocycles. The summed E-state index contributed by atoms with van der Waals surface area (Å²) in [6, 6.07) is 5.66. The Balaban J connectivity index is 1.79. The van der Waals surface area contributed by atoms with E-state index in [2.05, 4.69) is 15.0 Å². The number of anilines is 1. The van der Waals surface area contributed by atoms with Gasteiger partial charge in [-0.15, -0.1) is 0 Å². The Morgan fingerprint density at radius 2 is 2.08 bits per heavy atom. The van der Waals surface area contributed by atoms with E-state index in [1.54, 1.807) is 31.1 Å². The molecule has 2 aromatic rings. The first-order valence-corrected chi connectivity index (χ1v) is 8.41. The minimum absolute atomic E-state index is 0.0589. The third kappa shape index (κ3) is 3.81. The molecular weight excluding hydrogens is 334 g/mol. The molecule has 0 bridgehead atoms.